The molecule has 1 heterocycles. The Balaban J connectivity index is 2.00. The van der Waals surface area contributed by atoms with Gasteiger partial charge in [0.25, 0.3) is 0 Å². The molecule has 0 aliphatic carbocycles. The minimum atomic E-state index is -0.443. The second kappa shape index (κ2) is 6.43. The molecule has 5 heteroatoms. The Bertz CT molecular complexity index is 573. The predicted octanol–water partition coefficient (Wildman–Crippen LogP) is 3.22. The molecule has 0 bridgehead atoms. The lowest BCUT2D eigenvalue weighted by atomic mass is 10.1. The first kappa shape index (κ1) is 14.4. The molecule has 0 aliphatic rings. The van der Waals surface area contributed by atoms with Crippen molar-refractivity contribution in [3.05, 3.63) is 59.3 Å². The zero-order valence-corrected chi connectivity index (χ0v) is 11.4. The van der Waals surface area contributed by atoms with Crippen LogP contribution in [0.5, 0.6) is 5.88 Å². The lowest BCUT2D eigenvalue weighted by Crippen LogP contribution is -2.19. The third-order valence-electron chi connectivity index (χ3n) is 3.04. The lowest BCUT2D eigenvalue weighted by molar-refractivity contribution is 0.397. The van der Waals surface area contributed by atoms with Crippen molar-refractivity contribution in [3.63, 3.8) is 0 Å². The summed E-state index contributed by atoms with van der Waals surface area (Å²) in [6.45, 7) is 2.29. The van der Waals surface area contributed by atoms with E-state index in [2.05, 4.69) is 10.3 Å². The van der Waals surface area contributed by atoms with Crippen molar-refractivity contribution in [3.8, 4) is 5.88 Å². The highest BCUT2D eigenvalue weighted by molar-refractivity contribution is 5.22. The fraction of sp³-hybridized carbons (Fsp3) is 0.267. The van der Waals surface area contributed by atoms with Crippen LogP contribution in [0.15, 0.2) is 36.5 Å². The van der Waals surface area contributed by atoms with Gasteiger partial charge in [-0.25, -0.2) is 13.8 Å². The van der Waals surface area contributed by atoms with Crippen molar-refractivity contribution >= 4 is 0 Å². The summed E-state index contributed by atoms with van der Waals surface area (Å²) in [7, 11) is 1.55. The Morgan fingerprint density at radius 2 is 2.05 bits per heavy atom. The van der Waals surface area contributed by atoms with Crippen LogP contribution in [0.1, 0.15) is 24.1 Å². The van der Waals surface area contributed by atoms with Gasteiger partial charge in [0.05, 0.1) is 7.11 Å². The van der Waals surface area contributed by atoms with E-state index in [4.69, 9.17) is 4.74 Å². The number of methoxy groups -OCH3 is 1. The van der Waals surface area contributed by atoms with Crippen LogP contribution in [0.3, 0.4) is 0 Å². The third-order valence-corrected chi connectivity index (χ3v) is 3.04. The van der Waals surface area contributed by atoms with Crippen molar-refractivity contribution in [2.45, 2.75) is 19.5 Å². The number of ether oxygens (including phenoxy) is 1. The Morgan fingerprint density at radius 1 is 1.25 bits per heavy atom. The molecule has 2 aromatic rings. The van der Waals surface area contributed by atoms with E-state index in [1.807, 2.05) is 6.07 Å². The first-order valence-corrected chi connectivity index (χ1v) is 6.27. The molecular formula is C15H16F2N2O. The minimum Gasteiger partial charge on any atom is -0.481 e. The molecule has 0 aliphatic heterocycles. The van der Waals surface area contributed by atoms with E-state index >= 15 is 0 Å². The zero-order chi connectivity index (χ0) is 14.5. The number of rotatable bonds is 5. The summed E-state index contributed by atoms with van der Waals surface area (Å²) in [6.07, 6.45) is 1.68. The molecule has 1 unspecified atom stereocenters. The second-order valence-corrected chi connectivity index (χ2v) is 4.48. The summed E-state index contributed by atoms with van der Waals surface area (Å²) in [5.74, 6) is -0.321. The van der Waals surface area contributed by atoms with Gasteiger partial charge in [0.15, 0.2) is 0 Å². The Kier molecular flexibility index (Phi) is 4.63. The topological polar surface area (TPSA) is 34.1 Å². The van der Waals surface area contributed by atoms with Crippen LogP contribution in [-0.2, 0) is 6.54 Å². The second-order valence-electron chi connectivity index (χ2n) is 4.48. The highest BCUT2D eigenvalue weighted by atomic mass is 19.1. The largest absolute Gasteiger partial charge is 0.481 e. The maximum absolute atomic E-state index is 13.6. The molecule has 0 radical (unpaired) electrons. The van der Waals surface area contributed by atoms with Gasteiger partial charge < -0.3 is 10.1 Å². The zero-order valence-electron chi connectivity index (χ0n) is 11.4. The molecule has 0 spiro atoms. The number of aromatic nitrogens is 1. The minimum absolute atomic E-state index is 0.298. The van der Waals surface area contributed by atoms with Crippen LogP contribution < -0.4 is 10.1 Å². The number of halogens is 2. The maximum Gasteiger partial charge on any atom is 0.212 e. The van der Waals surface area contributed by atoms with Crippen molar-refractivity contribution < 1.29 is 13.5 Å². The number of benzene rings is 1. The molecule has 0 saturated carbocycles. The SMILES string of the molecule is COc1ccc(CNC(C)c2cc(F)ccc2F)cn1. The fourth-order valence-electron chi connectivity index (χ4n) is 1.86. The van der Waals surface area contributed by atoms with Crippen LogP contribution in [0.4, 0.5) is 8.78 Å². The van der Waals surface area contributed by atoms with Crippen LogP contribution in [0, 0.1) is 11.6 Å². The molecule has 106 valence electrons. The summed E-state index contributed by atoms with van der Waals surface area (Å²) in [5.41, 5.74) is 1.25. The average Bonchev–Trinajstić information content (AvgIpc) is 2.47. The van der Waals surface area contributed by atoms with Crippen molar-refractivity contribution in [2.24, 2.45) is 0 Å². The Labute approximate surface area is 116 Å². The monoisotopic (exact) mass is 278 g/mol. The van der Waals surface area contributed by atoms with E-state index in [9.17, 15) is 8.78 Å². The molecule has 0 saturated heterocycles. The van der Waals surface area contributed by atoms with Crippen LogP contribution in [0.2, 0.25) is 0 Å². The maximum atomic E-state index is 13.6. The normalized spacial score (nSPS) is 12.2. The number of hydrogen-bond acceptors (Lipinski definition) is 3. The predicted molar refractivity (Wildman–Crippen MR) is 72.4 cm³/mol. The summed E-state index contributed by atoms with van der Waals surface area (Å²) >= 11 is 0. The summed E-state index contributed by atoms with van der Waals surface area (Å²) in [4.78, 5) is 4.08. The molecule has 2 rings (SSSR count). The molecule has 1 N–H and O–H groups in total. The van der Waals surface area contributed by atoms with Crippen LogP contribution in [-0.4, -0.2) is 12.1 Å². The van der Waals surface area contributed by atoms with Gasteiger partial charge in [-0.1, -0.05) is 6.07 Å². The molecule has 1 atom stereocenters. The average molecular weight is 278 g/mol. The van der Waals surface area contributed by atoms with Crippen LogP contribution >= 0.6 is 0 Å². The third kappa shape index (κ3) is 3.51. The van der Waals surface area contributed by atoms with Gasteiger partial charge in [0.2, 0.25) is 5.88 Å². The van der Waals surface area contributed by atoms with Gasteiger partial charge in [-0.3, -0.25) is 0 Å². The first-order chi connectivity index (χ1) is 9.60. The van der Waals surface area contributed by atoms with Gasteiger partial charge in [-0.2, -0.15) is 0 Å². The van der Waals surface area contributed by atoms with Gasteiger partial charge in [-0.05, 0) is 30.7 Å². The molecule has 0 amide bonds. The van der Waals surface area contributed by atoms with Crippen molar-refractivity contribution in [1.29, 1.82) is 0 Å². The molecule has 20 heavy (non-hydrogen) atoms. The van der Waals surface area contributed by atoms with Crippen molar-refractivity contribution in [2.75, 3.05) is 7.11 Å². The summed E-state index contributed by atoms with van der Waals surface area (Å²) in [6, 6.07) is 6.78. The standard InChI is InChI=1S/C15H16F2N2O/c1-10(13-7-12(16)4-5-14(13)17)18-8-11-3-6-15(20-2)19-9-11/h3-7,9-10,18H,8H2,1-2H3. The molecule has 1 aromatic heterocycles. The smallest absolute Gasteiger partial charge is 0.212 e. The van der Waals surface area contributed by atoms with E-state index in [0.717, 1.165) is 17.7 Å². The molecule has 0 fully saturated rings. The van der Waals surface area contributed by atoms with E-state index in [0.29, 0.717) is 18.0 Å². The van der Waals surface area contributed by atoms with Gasteiger partial charge in [0, 0.05) is 30.4 Å². The summed E-state index contributed by atoms with van der Waals surface area (Å²) < 4.78 is 31.7. The van der Waals surface area contributed by atoms with E-state index in [1.165, 1.54) is 6.07 Å². The molecular weight excluding hydrogens is 262 g/mol. The number of hydrogen-bond donors (Lipinski definition) is 1. The van der Waals surface area contributed by atoms with Gasteiger partial charge in [-0.15, -0.1) is 0 Å². The van der Waals surface area contributed by atoms with E-state index < -0.39 is 11.6 Å². The Morgan fingerprint density at radius 3 is 2.70 bits per heavy atom. The first-order valence-electron chi connectivity index (χ1n) is 6.27. The number of nitrogens with one attached hydrogen (secondary N) is 1. The quantitative estimate of drug-likeness (QED) is 0.912. The molecule has 1 aromatic carbocycles. The number of pyridine rings is 1. The lowest BCUT2D eigenvalue weighted by Gasteiger charge is -2.15. The fourth-order valence-corrected chi connectivity index (χ4v) is 1.86. The number of nitrogens with zero attached hydrogens (tertiary/aromatic N) is 1. The van der Waals surface area contributed by atoms with E-state index in [-0.39, 0.29) is 6.04 Å². The highest BCUT2D eigenvalue weighted by Crippen LogP contribution is 2.18. The molecule has 3 nitrogen and oxygen atoms in total. The van der Waals surface area contributed by atoms with Crippen LogP contribution in [0.25, 0.3) is 0 Å². The van der Waals surface area contributed by atoms with Gasteiger partial charge in [0.1, 0.15) is 11.6 Å². The summed E-state index contributed by atoms with van der Waals surface area (Å²) in [5, 5.41) is 3.13. The van der Waals surface area contributed by atoms with Crippen molar-refractivity contribution in [1.82, 2.24) is 10.3 Å². The highest BCUT2D eigenvalue weighted by Gasteiger charge is 2.11. The van der Waals surface area contributed by atoms with E-state index in [1.54, 1.807) is 26.3 Å². The van der Waals surface area contributed by atoms with Gasteiger partial charge >= 0.3 is 0 Å². The Hall–Kier alpha value is -2.01.